The minimum Gasteiger partial charge on any atom is -0.476 e. The van der Waals surface area contributed by atoms with Gasteiger partial charge in [0, 0.05) is 39.8 Å². The van der Waals surface area contributed by atoms with Crippen molar-refractivity contribution in [1.29, 1.82) is 0 Å². The van der Waals surface area contributed by atoms with Crippen LogP contribution in [-0.4, -0.2) is 57.6 Å². The summed E-state index contributed by atoms with van der Waals surface area (Å²) < 4.78 is 83.3. The number of amides is 1. The molecule has 0 bridgehead atoms. The number of fused-ring (bicyclic) bond motifs is 3. The van der Waals surface area contributed by atoms with Crippen LogP contribution in [0.5, 0.6) is 0 Å². The number of hydrogen-bond acceptors (Lipinski definition) is 6. The summed E-state index contributed by atoms with van der Waals surface area (Å²) in [5.41, 5.74) is -0.145. The van der Waals surface area contributed by atoms with E-state index in [-0.39, 0.29) is 22.7 Å². The minimum absolute atomic E-state index is 0.0292. The zero-order valence-electron chi connectivity index (χ0n) is 28.1. The van der Waals surface area contributed by atoms with Crippen molar-refractivity contribution in [1.82, 2.24) is 34.1 Å². The standard InChI is InChI=1S/C23H16BrF3N4O.C14H6Cl2F3N3O2/c24-17-7-5-15(6-8-17)18-11-20(23(25,26)27)31-21(28-18)12-19(29-31)22(32)30-10-9-14-3-1-2-4-16(14)13-30;15-7-3-1-6(2-4-7)8-5-9(14(17,18)19)22-12(20-8)10(16)11(21-22)13(23)24/h1-8,11-12H,9-10,13H2;1-5H,(H,23,24). The third kappa shape index (κ3) is 7.79. The molecule has 0 unspecified atom stereocenters. The van der Waals surface area contributed by atoms with E-state index in [2.05, 4.69) is 36.1 Å². The highest BCUT2D eigenvalue weighted by molar-refractivity contribution is 9.10. The molecule has 56 heavy (non-hydrogen) atoms. The van der Waals surface area contributed by atoms with Crippen LogP contribution in [0.2, 0.25) is 10.0 Å². The highest BCUT2D eigenvalue weighted by Crippen LogP contribution is 2.36. The third-order valence-corrected chi connectivity index (χ3v) is 9.79. The predicted octanol–water partition coefficient (Wildman–Crippen LogP) is 9.80. The van der Waals surface area contributed by atoms with Crippen LogP contribution in [-0.2, 0) is 25.3 Å². The molecule has 10 nitrogen and oxygen atoms in total. The number of alkyl halides is 6. The summed E-state index contributed by atoms with van der Waals surface area (Å²) in [6, 6.07) is 23.7. The number of carboxylic acids is 1. The molecule has 0 saturated heterocycles. The topological polar surface area (TPSA) is 118 Å². The summed E-state index contributed by atoms with van der Waals surface area (Å²) in [6.07, 6.45) is -8.76. The first kappa shape index (κ1) is 38.7. The van der Waals surface area contributed by atoms with Crippen LogP contribution >= 0.6 is 39.1 Å². The van der Waals surface area contributed by atoms with Crippen LogP contribution in [0.3, 0.4) is 0 Å². The third-order valence-electron chi connectivity index (χ3n) is 8.66. The van der Waals surface area contributed by atoms with Gasteiger partial charge < -0.3 is 10.0 Å². The van der Waals surface area contributed by atoms with E-state index < -0.39 is 52.0 Å². The van der Waals surface area contributed by atoms with Crippen molar-refractivity contribution in [2.75, 3.05) is 6.54 Å². The first-order valence-electron chi connectivity index (χ1n) is 16.2. The molecule has 0 aliphatic carbocycles. The molecule has 5 heterocycles. The number of benzene rings is 3. The normalized spacial score (nSPS) is 13.1. The summed E-state index contributed by atoms with van der Waals surface area (Å²) >= 11 is 14.9. The van der Waals surface area contributed by atoms with E-state index in [4.69, 9.17) is 28.3 Å². The summed E-state index contributed by atoms with van der Waals surface area (Å²) in [5.74, 6) is -1.96. The Labute approximate surface area is 330 Å². The Bertz CT molecular complexity index is 2650. The Morgan fingerprint density at radius 2 is 1.30 bits per heavy atom. The van der Waals surface area contributed by atoms with Gasteiger partial charge in [-0.1, -0.05) is 87.7 Å². The largest absolute Gasteiger partial charge is 0.476 e. The average Bonchev–Trinajstić information content (AvgIpc) is 3.75. The second kappa shape index (κ2) is 14.9. The molecule has 1 amide bonds. The Hall–Kier alpha value is -5.52. The van der Waals surface area contributed by atoms with Gasteiger partial charge in [-0.3, -0.25) is 4.79 Å². The zero-order valence-corrected chi connectivity index (χ0v) is 31.2. The maximum Gasteiger partial charge on any atom is 0.433 e. The quantitative estimate of drug-likeness (QED) is 0.175. The Morgan fingerprint density at radius 3 is 1.91 bits per heavy atom. The lowest BCUT2D eigenvalue weighted by molar-refractivity contribution is -0.143. The monoisotopic (exact) mass is 875 g/mol. The fourth-order valence-corrected chi connectivity index (χ4v) is 6.61. The van der Waals surface area contributed by atoms with Crippen molar-refractivity contribution < 1.29 is 41.0 Å². The van der Waals surface area contributed by atoms with Crippen molar-refractivity contribution in [2.45, 2.75) is 25.3 Å². The molecule has 1 aliphatic heterocycles. The van der Waals surface area contributed by atoms with Crippen molar-refractivity contribution in [2.24, 2.45) is 0 Å². The van der Waals surface area contributed by atoms with E-state index in [0.29, 0.717) is 44.7 Å². The Morgan fingerprint density at radius 1 is 0.732 bits per heavy atom. The maximum absolute atomic E-state index is 13.8. The van der Waals surface area contributed by atoms with E-state index >= 15 is 0 Å². The number of nitrogens with zero attached hydrogens (tertiary/aromatic N) is 7. The number of rotatable bonds is 4. The number of aromatic nitrogens is 6. The van der Waals surface area contributed by atoms with Crippen LogP contribution in [0.15, 0.2) is 95.5 Å². The van der Waals surface area contributed by atoms with Gasteiger partial charge in [0.1, 0.15) is 5.02 Å². The molecule has 1 aliphatic rings. The van der Waals surface area contributed by atoms with E-state index in [0.717, 1.165) is 22.2 Å². The number of carboxylic acid groups (broad SMARTS) is 1. The first-order valence-corrected chi connectivity index (χ1v) is 17.8. The molecule has 286 valence electrons. The van der Waals surface area contributed by atoms with Crippen LogP contribution < -0.4 is 0 Å². The Balaban J connectivity index is 0.000000179. The van der Waals surface area contributed by atoms with Crippen molar-refractivity contribution in [3.8, 4) is 22.5 Å². The van der Waals surface area contributed by atoms with Crippen LogP contribution in [0, 0.1) is 0 Å². The van der Waals surface area contributed by atoms with E-state index in [1.54, 1.807) is 29.2 Å². The molecule has 0 atom stereocenters. The van der Waals surface area contributed by atoms with E-state index in [1.807, 2.05) is 24.3 Å². The number of hydrogen-bond donors (Lipinski definition) is 1. The molecule has 4 aromatic heterocycles. The molecule has 3 aromatic carbocycles. The van der Waals surface area contributed by atoms with Gasteiger partial charge in [-0.25, -0.2) is 23.8 Å². The molecule has 8 rings (SSSR count). The van der Waals surface area contributed by atoms with Crippen LogP contribution in [0.1, 0.15) is 43.5 Å². The minimum atomic E-state index is -4.78. The molecule has 7 aromatic rings. The maximum atomic E-state index is 13.8. The molecule has 0 spiro atoms. The Kier molecular flexibility index (Phi) is 10.3. The zero-order chi connectivity index (χ0) is 40.1. The molecule has 0 radical (unpaired) electrons. The highest BCUT2D eigenvalue weighted by atomic mass is 79.9. The number of aromatic carboxylic acids is 1. The average molecular weight is 877 g/mol. The van der Waals surface area contributed by atoms with E-state index in [1.165, 1.54) is 35.9 Å². The van der Waals surface area contributed by atoms with Crippen LogP contribution in [0.4, 0.5) is 26.3 Å². The molecular weight excluding hydrogens is 855 g/mol. The van der Waals surface area contributed by atoms with Gasteiger partial charge >= 0.3 is 18.3 Å². The lowest BCUT2D eigenvalue weighted by atomic mass is 10.00. The summed E-state index contributed by atoms with van der Waals surface area (Å²) in [7, 11) is 0. The van der Waals surface area contributed by atoms with E-state index in [9.17, 15) is 35.9 Å². The molecule has 1 N–H and O–H groups in total. The van der Waals surface area contributed by atoms with Gasteiger partial charge in [0.25, 0.3) is 5.91 Å². The van der Waals surface area contributed by atoms with Gasteiger partial charge in [-0.2, -0.15) is 36.5 Å². The van der Waals surface area contributed by atoms with Gasteiger partial charge in [-0.15, -0.1) is 0 Å². The predicted molar refractivity (Wildman–Crippen MR) is 196 cm³/mol. The van der Waals surface area contributed by atoms with Gasteiger partial charge in [0.15, 0.2) is 34.1 Å². The summed E-state index contributed by atoms with van der Waals surface area (Å²) in [5, 5.41) is 16.3. The highest BCUT2D eigenvalue weighted by Gasteiger charge is 2.38. The number of carbonyl (C=O) groups excluding carboxylic acids is 1. The molecule has 0 saturated carbocycles. The van der Waals surface area contributed by atoms with Gasteiger partial charge in [0.2, 0.25) is 0 Å². The SMILES string of the molecule is O=C(O)c1nn2c(C(F)(F)F)cc(-c3ccc(Cl)cc3)nc2c1Cl.O=C(c1cc2nc(-c3ccc(Br)cc3)cc(C(F)(F)F)n2n1)N1CCc2ccccc2C1. The number of halogens is 9. The van der Waals surface area contributed by atoms with Crippen molar-refractivity contribution in [3.05, 3.63) is 139 Å². The molecule has 0 fully saturated rings. The van der Waals surface area contributed by atoms with Crippen molar-refractivity contribution >= 4 is 62.3 Å². The second-order valence-electron chi connectivity index (χ2n) is 12.3. The van der Waals surface area contributed by atoms with Gasteiger partial charge in [0.05, 0.1) is 11.4 Å². The fourth-order valence-electron chi connectivity index (χ4n) is 5.98. The summed E-state index contributed by atoms with van der Waals surface area (Å²) in [6.45, 7) is 0.875. The fraction of sp³-hybridized carbons (Fsp3) is 0.135. The van der Waals surface area contributed by atoms with Crippen LogP contribution in [0.25, 0.3) is 33.8 Å². The lowest BCUT2D eigenvalue weighted by Gasteiger charge is -2.28. The van der Waals surface area contributed by atoms with Gasteiger partial charge in [-0.05, 0) is 53.9 Å². The molecular formula is C37H22BrCl2F6N7O3. The first-order chi connectivity index (χ1) is 26.5. The smallest absolute Gasteiger partial charge is 0.433 e. The second-order valence-corrected chi connectivity index (χ2v) is 14.0. The lowest BCUT2D eigenvalue weighted by Crippen LogP contribution is -2.36. The number of carbonyl (C=O) groups is 2. The molecule has 19 heteroatoms. The summed E-state index contributed by atoms with van der Waals surface area (Å²) in [4.78, 5) is 34.1. The van der Waals surface area contributed by atoms with Crippen molar-refractivity contribution in [3.63, 3.8) is 0 Å².